The van der Waals surface area contributed by atoms with Gasteiger partial charge >= 0.3 is 12.1 Å². The zero-order chi connectivity index (χ0) is 22.4. The second-order valence-corrected chi connectivity index (χ2v) is 9.17. The Hall–Kier alpha value is -2.32. The molecular formula is C21H35N3O6. The van der Waals surface area contributed by atoms with Gasteiger partial charge in [-0.1, -0.05) is 19.3 Å². The van der Waals surface area contributed by atoms with Gasteiger partial charge in [-0.05, 0) is 51.9 Å². The van der Waals surface area contributed by atoms with Crippen molar-refractivity contribution >= 4 is 23.9 Å². The first-order valence-electron chi connectivity index (χ1n) is 10.7. The van der Waals surface area contributed by atoms with E-state index in [1.165, 1.54) is 7.11 Å². The lowest BCUT2D eigenvalue weighted by molar-refractivity contribution is -0.152. The first-order valence-corrected chi connectivity index (χ1v) is 10.7. The van der Waals surface area contributed by atoms with Crippen LogP contribution in [0.2, 0.25) is 0 Å². The van der Waals surface area contributed by atoms with Crippen molar-refractivity contribution in [1.29, 1.82) is 0 Å². The van der Waals surface area contributed by atoms with Crippen LogP contribution in [0.1, 0.15) is 65.7 Å². The minimum absolute atomic E-state index is 0.236. The van der Waals surface area contributed by atoms with Crippen LogP contribution in [0.5, 0.6) is 0 Å². The van der Waals surface area contributed by atoms with Crippen molar-refractivity contribution in [2.45, 2.75) is 77.4 Å². The number of piperidine rings is 1. The molecule has 0 aromatic heterocycles. The molecule has 2 rings (SSSR count). The molecule has 1 aliphatic carbocycles. The van der Waals surface area contributed by atoms with E-state index in [2.05, 4.69) is 15.4 Å². The molecule has 0 unspecified atom stereocenters. The van der Waals surface area contributed by atoms with Gasteiger partial charge < -0.3 is 25.0 Å². The van der Waals surface area contributed by atoms with E-state index >= 15 is 0 Å². The van der Waals surface area contributed by atoms with Crippen molar-refractivity contribution < 1.29 is 28.7 Å². The third kappa shape index (κ3) is 6.34. The van der Waals surface area contributed by atoms with Gasteiger partial charge in [0.1, 0.15) is 24.7 Å². The highest BCUT2D eigenvalue weighted by Crippen LogP contribution is 2.47. The molecule has 1 saturated heterocycles. The molecular weight excluding hydrogens is 390 g/mol. The van der Waals surface area contributed by atoms with E-state index in [4.69, 9.17) is 4.74 Å². The average Bonchev–Trinajstić information content (AvgIpc) is 2.69. The van der Waals surface area contributed by atoms with E-state index in [0.29, 0.717) is 6.54 Å². The van der Waals surface area contributed by atoms with Gasteiger partial charge in [-0.2, -0.15) is 0 Å². The van der Waals surface area contributed by atoms with Crippen LogP contribution < -0.4 is 10.6 Å². The maximum absolute atomic E-state index is 13.1. The number of carbonyl (C=O) groups excluding carboxylic acids is 4. The summed E-state index contributed by atoms with van der Waals surface area (Å²) in [5.41, 5.74) is -0.959. The van der Waals surface area contributed by atoms with Crippen LogP contribution in [0.3, 0.4) is 0 Å². The Morgan fingerprint density at radius 1 is 0.967 bits per heavy atom. The van der Waals surface area contributed by atoms with Gasteiger partial charge in [0.15, 0.2) is 0 Å². The lowest BCUT2D eigenvalue weighted by Gasteiger charge is -2.51. The van der Waals surface area contributed by atoms with Gasteiger partial charge in [0.25, 0.3) is 0 Å². The summed E-state index contributed by atoms with van der Waals surface area (Å²) in [6.07, 6.45) is 5.88. The summed E-state index contributed by atoms with van der Waals surface area (Å²) >= 11 is 0. The molecule has 30 heavy (non-hydrogen) atoms. The van der Waals surface area contributed by atoms with E-state index in [0.717, 1.165) is 44.9 Å². The number of hydrogen-bond donors (Lipinski definition) is 2. The molecule has 1 heterocycles. The Balaban J connectivity index is 2.13. The van der Waals surface area contributed by atoms with Crippen molar-refractivity contribution in [1.82, 2.24) is 15.5 Å². The average molecular weight is 426 g/mol. The zero-order valence-electron chi connectivity index (χ0n) is 18.5. The van der Waals surface area contributed by atoms with E-state index < -0.39 is 23.7 Å². The molecule has 0 radical (unpaired) electrons. The second kappa shape index (κ2) is 10.1. The fourth-order valence-corrected chi connectivity index (χ4v) is 4.56. The van der Waals surface area contributed by atoms with Gasteiger partial charge in [0.2, 0.25) is 11.8 Å². The third-order valence-corrected chi connectivity index (χ3v) is 5.80. The maximum Gasteiger partial charge on any atom is 0.408 e. The topological polar surface area (TPSA) is 114 Å². The monoisotopic (exact) mass is 425 g/mol. The van der Waals surface area contributed by atoms with Crippen LogP contribution in [-0.4, -0.2) is 67.2 Å². The maximum atomic E-state index is 13.1. The van der Waals surface area contributed by atoms with Gasteiger partial charge in [0.05, 0.1) is 7.11 Å². The smallest absolute Gasteiger partial charge is 0.408 e. The predicted octanol–water partition coefficient (Wildman–Crippen LogP) is 1.74. The van der Waals surface area contributed by atoms with Crippen molar-refractivity contribution in [2.24, 2.45) is 5.41 Å². The molecule has 1 saturated carbocycles. The number of nitrogens with one attached hydrogen (secondary N) is 2. The molecule has 0 bridgehead atoms. The van der Waals surface area contributed by atoms with Gasteiger partial charge in [-0.25, -0.2) is 4.79 Å². The number of methoxy groups -OCH3 is 1. The fourth-order valence-electron chi connectivity index (χ4n) is 4.56. The van der Waals surface area contributed by atoms with E-state index in [1.807, 2.05) is 0 Å². The molecule has 0 aromatic carbocycles. The number of ether oxygens (including phenoxy) is 2. The lowest BCUT2D eigenvalue weighted by atomic mass is 9.64. The third-order valence-electron chi connectivity index (χ3n) is 5.80. The summed E-state index contributed by atoms with van der Waals surface area (Å²) in [4.78, 5) is 51.1. The van der Waals surface area contributed by atoms with Gasteiger partial charge in [-0.3, -0.25) is 14.4 Å². The number of hydrogen-bond acceptors (Lipinski definition) is 6. The number of carbonyl (C=O) groups is 4. The molecule has 3 amide bonds. The van der Waals surface area contributed by atoms with Crippen LogP contribution in [0, 0.1) is 5.41 Å². The van der Waals surface area contributed by atoms with Crippen LogP contribution in [0.15, 0.2) is 0 Å². The van der Waals surface area contributed by atoms with Crippen LogP contribution >= 0.6 is 0 Å². The molecule has 1 spiro atoms. The summed E-state index contributed by atoms with van der Waals surface area (Å²) in [5, 5.41) is 5.12. The minimum Gasteiger partial charge on any atom is -0.468 e. The van der Waals surface area contributed by atoms with Crippen LogP contribution in [-0.2, 0) is 23.9 Å². The van der Waals surface area contributed by atoms with E-state index in [1.54, 1.807) is 25.7 Å². The van der Waals surface area contributed by atoms with E-state index in [9.17, 15) is 19.2 Å². The lowest BCUT2D eigenvalue weighted by Crippen LogP contribution is -2.63. The van der Waals surface area contributed by atoms with Gasteiger partial charge in [0, 0.05) is 6.54 Å². The summed E-state index contributed by atoms with van der Waals surface area (Å²) in [5.74, 6) is -1.21. The highest BCUT2D eigenvalue weighted by atomic mass is 16.6. The molecule has 9 heteroatoms. The highest BCUT2D eigenvalue weighted by molar-refractivity contribution is 5.91. The Bertz CT molecular complexity index is 646. The number of esters is 1. The standard InChI is InChI=1S/C21H35N3O6/c1-20(2,3)30-19(28)23-13-15(25)24-12-8-11-21(9-6-5-7-10-21)17(24)18(27)22-14-16(26)29-4/h17H,5-14H2,1-4H3,(H,22,27)(H,23,28)/t17-/m1/s1. The Kier molecular flexibility index (Phi) is 8.09. The number of nitrogens with zero attached hydrogens (tertiary/aromatic N) is 1. The van der Waals surface area contributed by atoms with E-state index in [-0.39, 0.29) is 30.3 Å². The first-order chi connectivity index (χ1) is 14.1. The van der Waals surface area contributed by atoms with Crippen molar-refractivity contribution in [3.8, 4) is 0 Å². The van der Waals surface area contributed by atoms with Crippen molar-refractivity contribution in [2.75, 3.05) is 26.7 Å². The fraction of sp³-hybridized carbons (Fsp3) is 0.810. The summed E-state index contributed by atoms with van der Waals surface area (Å²) in [6.45, 7) is 5.19. The highest BCUT2D eigenvalue weighted by Gasteiger charge is 2.50. The number of rotatable bonds is 5. The molecule has 2 fully saturated rings. The van der Waals surface area contributed by atoms with Crippen LogP contribution in [0.25, 0.3) is 0 Å². The number of alkyl carbamates (subject to hydrolysis) is 1. The molecule has 0 aromatic rings. The molecule has 2 aliphatic rings. The van der Waals surface area contributed by atoms with Crippen LogP contribution in [0.4, 0.5) is 4.79 Å². The SMILES string of the molecule is COC(=O)CNC(=O)[C@H]1N(C(=O)CNC(=O)OC(C)(C)C)CCCC12CCCCC2. The molecule has 2 N–H and O–H groups in total. The molecule has 1 aliphatic heterocycles. The summed E-state index contributed by atoms with van der Waals surface area (Å²) in [6, 6.07) is -0.663. The van der Waals surface area contributed by atoms with Gasteiger partial charge in [-0.15, -0.1) is 0 Å². The number of likely N-dealkylation sites (tertiary alicyclic amines) is 1. The molecule has 9 nitrogen and oxygen atoms in total. The summed E-state index contributed by atoms with van der Waals surface area (Å²) < 4.78 is 9.79. The quantitative estimate of drug-likeness (QED) is 0.649. The molecule has 1 atom stereocenters. The minimum atomic E-state index is -0.674. The predicted molar refractivity (Wildman–Crippen MR) is 110 cm³/mol. The van der Waals surface area contributed by atoms with Crippen molar-refractivity contribution in [3.63, 3.8) is 0 Å². The second-order valence-electron chi connectivity index (χ2n) is 9.17. The molecule has 170 valence electrons. The normalized spacial score (nSPS) is 20.9. The Morgan fingerprint density at radius 2 is 1.60 bits per heavy atom. The summed E-state index contributed by atoms with van der Waals surface area (Å²) in [7, 11) is 1.26. The largest absolute Gasteiger partial charge is 0.468 e. The number of amides is 3. The Labute approximate surface area is 178 Å². The zero-order valence-corrected chi connectivity index (χ0v) is 18.5. The Morgan fingerprint density at radius 3 is 2.20 bits per heavy atom. The first kappa shape index (κ1) is 24.0. The van der Waals surface area contributed by atoms with Crippen molar-refractivity contribution in [3.05, 3.63) is 0 Å².